The number of ether oxygens (including phenoxy) is 1. The molecule has 0 aliphatic heterocycles. The van der Waals surface area contributed by atoms with Crippen molar-refractivity contribution in [2.75, 3.05) is 19.0 Å². The van der Waals surface area contributed by atoms with Gasteiger partial charge in [0.15, 0.2) is 5.82 Å². The smallest absolute Gasteiger partial charge is 0.276 e. The molecule has 0 saturated heterocycles. The maximum absolute atomic E-state index is 13.2. The van der Waals surface area contributed by atoms with Crippen LogP contribution in [0.25, 0.3) is 11.3 Å². The predicted octanol–water partition coefficient (Wildman–Crippen LogP) is 2.97. The van der Waals surface area contributed by atoms with Gasteiger partial charge in [-0.05, 0) is 56.7 Å². The van der Waals surface area contributed by atoms with E-state index in [0.717, 1.165) is 11.3 Å². The van der Waals surface area contributed by atoms with Crippen LogP contribution < -0.4 is 10.6 Å². The van der Waals surface area contributed by atoms with Crippen molar-refractivity contribution in [2.24, 2.45) is 4.99 Å². The number of aromatic nitrogens is 4. The lowest BCUT2D eigenvalue weighted by atomic mass is 10.1. The Labute approximate surface area is 179 Å². The second kappa shape index (κ2) is 9.98. The molecule has 1 aromatic carbocycles. The first-order valence-electron chi connectivity index (χ1n) is 9.90. The number of aromatic amines is 1. The van der Waals surface area contributed by atoms with Gasteiger partial charge < -0.3 is 10.1 Å². The number of aryl methyl sites for hydroxylation is 2. The number of nitrogens with zero attached hydrogens (tertiary/aromatic N) is 4. The van der Waals surface area contributed by atoms with Crippen LogP contribution in [-0.2, 0) is 11.3 Å². The quantitative estimate of drug-likeness (QED) is 0.397. The molecule has 3 rings (SSSR count). The normalized spacial score (nSPS) is 12.6. The van der Waals surface area contributed by atoms with Crippen molar-refractivity contribution in [3.63, 3.8) is 0 Å². The molecule has 3 aromatic rings. The Morgan fingerprint density at radius 2 is 2.06 bits per heavy atom. The van der Waals surface area contributed by atoms with Crippen LogP contribution in [-0.4, -0.2) is 51.6 Å². The van der Waals surface area contributed by atoms with Crippen LogP contribution in [0.2, 0.25) is 0 Å². The van der Waals surface area contributed by atoms with Crippen LogP contribution in [0, 0.1) is 12.7 Å². The molecule has 0 unspecified atom stereocenters. The average molecular weight is 427 g/mol. The molecule has 164 valence electrons. The van der Waals surface area contributed by atoms with E-state index in [-0.39, 0.29) is 23.7 Å². The van der Waals surface area contributed by atoms with Gasteiger partial charge >= 0.3 is 0 Å². The van der Waals surface area contributed by atoms with Gasteiger partial charge in [-0.1, -0.05) is 0 Å². The topological polar surface area (TPSA) is 109 Å². The van der Waals surface area contributed by atoms with Crippen LogP contribution in [0.15, 0.2) is 41.4 Å². The molecule has 10 heteroatoms. The fraction of sp³-hybridized carbons (Fsp3) is 0.333. The van der Waals surface area contributed by atoms with Crippen molar-refractivity contribution in [3.05, 3.63) is 53.6 Å². The van der Waals surface area contributed by atoms with Crippen molar-refractivity contribution < 1.29 is 13.9 Å². The lowest BCUT2D eigenvalue weighted by Gasteiger charge is -2.13. The highest BCUT2D eigenvalue weighted by Crippen LogP contribution is 2.20. The first-order chi connectivity index (χ1) is 14.9. The number of carbonyl (C=O) groups excluding carboxylic acids is 1. The molecule has 0 saturated carbocycles. The van der Waals surface area contributed by atoms with Gasteiger partial charge in [0.25, 0.3) is 5.91 Å². The maximum atomic E-state index is 13.2. The van der Waals surface area contributed by atoms with Crippen molar-refractivity contribution in [2.45, 2.75) is 33.4 Å². The molecule has 0 aliphatic carbocycles. The number of guanidine groups is 1. The SMILES string of the molecule is CCn1nc(C)cc1C(=O)NC(=N[C@@H](C)COC)Nc1cc(-c2ccc(F)cc2)[nH]n1. The molecule has 1 atom stereocenters. The Morgan fingerprint density at radius 1 is 1.32 bits per heavy atom. The number of rotatable bonds is 7. The minimum atomic E-state index is -0.340. The van der Waals surface area contributed by atoms with Crippen molar-refractivity contribution in [1.82, 2.24) is 25.3 Å². The van der Waals surface area contributed by atoms with E-state index in [0.29, 0.717) is 30.4 Å². The van der Waals surface area contributed by atoms with Gasteiger partial charge in [0.2, 0.25) is 5.96 Å². The van der Waals surface area contributed by atoms with Gasteiger partial charge in [0.05, 0.1) is 24.0 Å². The Morgan fingerprint density at radius 3 is 2.74 bits per heavy atom. The molecule has 2 heterocycles. The summed E-state index contributed by atoms with van der Waals surface area (Å²) >= 11 is 0. The standard InChI is InChI=1S/C21H26FN7O2/c1-5-29-18(10-13(2)28-29)20(30)25-21(23-14(3)12-31-4)24-19-11-17(26-27-19)15-6-8-16(22)9-7-15/h6-11,14H,5,12H2,1-4H3,(H3,23,24,25,26,27,30)/t14-/m0/s1. The summed E-state index contributed by atoms with van der Waals surface area (Å²) in [6, 6.07) is 9.31. The van der Waals surface area contributed by atoms with Crippen molar-refractivity contribution >= 4 is 17.7 Å². The van der Waals surface area contributed by atoms with E-state index in [1.165, 1.54) is 12.1 Å². The van der Waals surface area contributed by atoms with Crippen molar-refractivity contribution in [1.29, 1.82) is 0 Å². The number of H-pyrrole nitrogens is 1. The lowest BCUT2D eigenvalue weighted by Crippen LogP contribution is -2.38. The molecule has 0 bridgehead atoms. The largest absolute Gasteiger partial charge is 0.382 e. The molecule has 0 radical (unpaired) electrons. The van der Waals surface area contributed by atoms with Crippen LogP contribution in [0.5, 0.6) is 0 Å². The zero-order chi connectivity index (χ0) is 22.4. The fourth-order valence-electron chi connectivity index (χ4n) is 3.02. The highest BCUT2D eigenvalue weighted by molar-refractivity contribution is 6.09. The number of amides is 1. The van der Waals surface area contributed by atoms with Gasteiger partial charge in [-0.15, -0.1) is 0 Å². The Bertz CT molecular complexity index is 1060. The number of hydrogen-bond acceptors (Lipinski definition) is 5. The first kappa shape index (κ1) is 22.2. The van der Waals surface area contributed by atoms with E-state index < -0.39 is 0 Å². The van der Waals surface area contributed by atoms with Gasteiger partial charge in [0, 0.05) is 19.7 Å². The van der Waals surface area contributed by atoms with E-state index in [4.69, 9.17) is 4.74 Å². The van der Waals surface area contributed by atoms with E-state index >= 15 is 0 Å². The average Bonchev–Trinajstić information content (AvgIpc) is 3.35. The molecule has 9 nitrogen and oxygen atoms in total. The monoisotopic (exact) mass is 427 g/mol. The van der Waals surface area contributed by atoms with Gasteiger partial charge in [-0.2, -0.15) is 10.2 Å². The van der Waals surface area contributed by atoms with Crippen LogP contribution in [0.3, 0.4) is 0 Å². The summed E-state index contributed by atoms with van der Waals surface area (Å²) in [5.74, 6) is 0.0245. The third kappa shape index (κ3) is 5.76. The molecule has 0 aliphatic rings. The zero-order valence-electron chi connectivity index (χ0n) is 17.9. The highest BCUT2D eigenvalue weighted by Gasteiger charge is 2.17. The zero-order valence-corrected chi connectivity index (χ0v) is 17.9. The Kier molecular flexibility index (Phi) is 7.14. The number of nitrogens with one attached hydrogen (secondary N) is 3. The molecular weight excluding hydrogens is 401 g/mol. The summed E-state index contributed by atoms with van der Waals surface area (Å²) in [4.78, 5) is 17.3. The second-order valence-electron chi connectivity index (χ2n) is 7.02. The van der Waals surface area contributed by atoms with Gasteiger partial charge in [-0.3, -0.25) is 19.9 Å². The summed E-state index contributed by atoms with van der Waals surface area (Å²) in [6.45, 7) is 6.56. The number of hydrogen-bond donors (Lipinski definition) is 3. The molecule has 1 amide bonds. The Hall–Kier alpha value is -3.53. The summed E-state index contributed by atoms with van der Waals surface area (Å²) in [7, 11) is 1.59. The van der Waals surface area contributed by atoms with Gasteiger partial charge in [0.1, 0.15) is 11.5 Å². The fourth-order valence-corrected chi connectivity index (χ4v) is 3.02. The summed E-state index contributed by atoms with van der Waals surface area (Å²) < 4.78 is 19.9. The van der Waals surface area contributed by atoms with E-state index in [1.54, 1.807) is 36.1 Å². The third-order valence-corrected chi connectivity index (χ3v) is 4.40. The maximum Gasteiger partial charge on any atom is 0.276 e. The van der Waals surface area contributed by atoms with E-state index in [2.05, 4.69) is 30.9 Å². The lowest BCUT2D eigenvalue weighted by molar-refractivity contribution is 0.0966. The Balaban J connectivity index is 1.81. The second-order valence-corrected chi connectivity index (χ2v) is 7.02. The molecule has 0 spiro atoms. The summed E-state index contributed by atoms with van der Waals surface area (Å²) in [5.41, 5.74) is 2.66. The molecule has 2 aromatic heterocycles. The van der Waals surface area contributed by atoms with Crippen molar-refractivity contribution in [3.8, 4) is 11.3 Å². The summed E-state index contributed by atoms with van der Waals surface area (Å²) in [6.07, 6.45) is 0. The number of anilines is 1. The third-order valence-electron chi connectivity index (χ3n) is 4.40. The van der Waals surface area contributed by atoms with E-state index in [1.807, 2.05) is 20.8 Å². The predicted molar refractivity (Wildman–Crippen MR) is 116 cm³/mol. The molecule has 0 fully saturated rings. The number of benzene rings is 1. The van der Waals surface area contributed by atoms with Gasteiger partial charge in [-0.25, -0.2) is 9.38 Å². The minimum absolute atomic E-state index is 0.207. The molecule has 3 N–H and O–H groups in total. The van der Waals surface area contributed by atoms with E-state index in [9.17, 15) is 9.18 Å². The molecular formula is C21H26FN7O2. The number of carbonyl (C=O) groups is 1. The van der Waals surface area contributed by atoms with Crippen LogP contribution in [0.1, 0.15) is 30.0 Å². The highest BCUT2D eigenvalue weighted by atomic mass is 19.1. The minimum Gasteiger partial charge on any atom is -0.382 e. The number of methoxy groups -OCH3 is 1. The molecule has 31 heavy (non-hydrogen) atoms. The van der Waals surface area contributed by atoms with Crippen LogP contribution in [0.4, 0.5) is 10.2 Å². The first-order valence-corrected chi connectivity index (χ1v) is 9.90. The number of aliphatic imine (C=N–C) groups is 1. The number of halogens is 1. The summed E-state index contributed by atoms with van der Waals surface area (Å²) in [5, 5.41) is 17.2. The van der Waals surface area contributed by atoms with Crippen LogP contribution >= 0.6 is 0 Å².